The number of hydrogen-bond donors (Lipinski definition) is 2. The van der Waals surface area contributed by atoms with E-state index in [1.165, 1.54) is 11.3 Å². The van der Waals surface area contributed by atoms with Crippen molar-refractivity contribution in [3.05, 3.63) is 47.2 Å². The quantitative estimate of drug-likeness (QED) is 0.326. The number of fused-ring (bicyclic) bond motifs is 1. The van der Waals surface area contributed by atoms with Crippen LogP contribution in [0, 0.1) is 0 Å². The summed E-state index contributed by atoms with van der Waals surface area (Å²) in [6, 6.07) is 3.57. The Kier molecular flexibility index (Phi) is 7.38. The number of hydrogen-bond acceptors (Lipinski definition) is 7. The van der Waals surface area contributed by atoms with Gasteiger partial charge in [-0.25, -0.2) is 13.8 Å². The van der Waals surface area contributed by atoms with E-state index in [0.717, 1.165) is 40.9 Å². The maximum Gasteiger partial charge on any atom is 0.255 e. The second kappa shape index (κ2) is 10.9. The van der Waals surface area contributed by atoms with Gasteiger partial charge in [0.2, 0.25) is 0 Å². The molecule has 5 rings (SSSR count). The molecule has 1 amide bonds. The number of halogens is 2. The largest absolute Gasteiger partial charge is 0.488 e. The lowest BCUT2D eigenvalue weighted by Gasteiger charge is -2.26. The minimum absolute atomic E-state index is 0.0154. The molecule has 0 unspecified atom stereocenters. The van der Waals surface area contributed by atoms with Gasteiger partial charge in [0.1, 0.15) is 17.4 Å². The average molecular weight is 531 g/mol. The van der Waals surface area contributed by atoms with Gasteiger partial charge in [-0.3, -0.25) is 9.48 Å². The first kappa shape index (κ1) is 25.2. The molecular weight excluding hydrogens is 502 g/mol. The molecule has 1 fully saturated rings. The van der Waals surface area contributed by atoms with Crippen molar-refractivity contribution in [3.63, 3.8) is 0 Å². The van der Waals surface area contributed by atoms with Gasteiger partial charge in [0.25, 0.3) is 12.3 Å². The van der Waals surface area contributed by atoms with E-state index in [-0.39, 0.29) is 6.10 Å². The number of anilines is 2. The molecular formula is C25H28F2N6O3S. The highest BCUT2D eigenvalue weighted by atomic mass is 32.1. The van der Waals surface area contributed by atoms with Crippen molar-refractivity contribution >= 4 is 39.1 Å². The summed E-state index contributed by atoms with van der Waals surface area (Å²) in [6.45, 7) is 2.66. The van der Waals surface area contributed by atoms with Crippen molar-refractivity contribution in [3.8, 4) is 11.4 Å². The number of nitrogens with zero attached hydrogens (tertiary/aromatic N) is 4. The smallest absolute Gasteiger partial charge is 0.255 e. The van der Waals surface area contributed by atoms with Crippen LogP contribution in [0.25, 0.3) is 16.7 Å². The summed E-state index contributed by atoms with van der Waals surface area (Å²) in [4.78, 5) is 17.1. The Balaban J connectivity index is 1.53. The second-order valence-electron chi connectivity index (χ2n) is 8.77. The Morgan fingerprint density at radius 3 is 2.86 bits per heavy atom. The Labute approximate surface area is 216 Å². The molecule has 0 radical (unpaired) electrons. The third-order valence-electron chi connectivity index (χ3n) is 6.17. The maximum absolute atomic E-state index is 12.5. The SMILES string of the molecule is CCc1c(Nc2cc(C(=O)NCC(F)F)cs2)nc2ccn(-c3cnn(C)c3)c2c1OC1CCOCC1. The fourth-order valence-corrected chi connectivity index (χ4v) is 5.13. The molecule has 1 aliphatic rings. The number of ether oxygens (including phenoxy) is 2. The topological polar surface area (TPSA) is 95.2 Å². The number of pyridine rings is 1. The summed E-state index contributed by atoms with van der Waals surface area (Å²) in [5.41, 5.74) is 3.72. The first-order chi connectivity index (χ1) is 17.9. The van der Waals surface area contributed by atoms with E-state index >= 15 is 0 Å². The zero-order valence-electron chi connectivity index (χ0n) is 20.5. The third kappa shape index (κ3) is 5.44. The zero-order valence-corrected chi connectivity index (χ0v) is 21.4. The number of amides is 1. The molecule has 0 aliphatic carbocycles. The van der Waals surface area contributed by atoms with Crippen LogP contribution < -0.4 is 15.4 Å². The number of nitrogens with one attached hydrogen (secondary N) is 2. The summed E-state index contributed by atoms with van der Waals surface area (Å²) >= 11 is 1.30. The van der Waals surface area contributed by atoms with Gasteiger partial charge in [-0.15, -0.1) is 11.3 Å². The summed E-state index contributed by atoms with van der Waals surface area (Å²) in [6.07, 6.45) is 5.33. The highest BCUT2D eigenvalue weighted by Gasteiger charge is 2.24. The lowest BCUT2D eigenvalue weighted by molar-refractivity contribution is 0.0257. The number of aromatic nitrogens is 4. The van der Waals surface area contributed by atoms with E-state index < -0.39 is 18.9 Å². The fourth-order valence-electron chi connectivity index (χ4n) is 4.35. The van der Waals surface area contributed by atoms with Gasteiger partial charge in [-0.2, -0.15) is 5.10 Å². The lowest BCUT2D eigenvalue weighted by atomic mass is 10.1. The van der Waals surface area contributed by atoms with Crippen LogP contribution in [0.2, 0.25) is 0 Å². The number of aryl methyl sites for hydroxylation is 1. The van der Waals surface area contributed by atoms with Crippen molar-refractivity contribution in [1.29, 1.82) is 0 Å². The van der Waals surface area contributed by atoms with Gasteiger partial charge < -0.3 is 24.7 Å². The molecule has 0 aromatic carbocycles. The summed E-state index contributed by atoms with van der Waals surface area (Å²) in [7, 11) is 1.87. The van der Waals surface area contributed by atoms with E-state index in [2.05, 4.69) is 15.7 Å². The van der Waals surface area contributed by atoms with Crippen molar-refractivity contribution < 1.29 is 23.0 Å². The molecule has 1 aliphatic heterocycles. The monoisotopic (exact) mass is 530 g/mol. The van der Waals surface area contributed by atoms with Crippen LogP contribution in [0.3, 0.4) is 0 Å². The van der Waals surface area contributed by atoms with E-state index in [9.17, 15) is 13.6 Å². The summed E-state index contributed by atoms with van der Waals surface area (Å²) in [5, 5.41) is 12.2. The molecule has 0 bridgehead atoms. The fraction of sp³-hybridized carbons (Fsp3) is 0.400. The van der Waals surface area contributed by atoms with Crippen molar-refractivity contribution in [2.45, 2.75) is 38.7 Å². The van der Waals surface area contributed by atoms with Gasteiger partial charge >= 0.3 is 0 Å². The van der Waals surface area contributed by atoms with Crippen LogP contribution in [0.5, 0.6) is 5.75 Å². The summed E-state index contributed by atoms with van der Waals surface area (Å²) in [5.74, 6) is 0.838. The molecule has 12 heteroatoms. The Morgan fingerprint density at radius 1 is 1.35 bits per heavy atom. The number of carbonyl (C=O) groups is 1. The standard InChI is InChI=1S/C25H28F2N6O3S/c1-3-18-23(36-17-5-8-35-9-6-17)22-19(4-7-33(22)16-11-29-32(2)13-16)30-24(18)31-21-10-15(14-37-21)25(34)28-12-20(26)27/h4,7,10-11,13-14,17,20H,3,5-6,8-9,12H2,1-2H3,(H,28,34)(H,30,31). The molecule has 4 aromatic rings. The van der Waals surface area contributed by atoms with Crippen molar-refractivity contribution in [2.75, 3.05) is 25.1 Å². The van der Waals surface area contributed by atoms with Crippen LogP contribution in [-0.4, -0.2) is 57.5 Å². The molecule has 5 heterocycles. The predicted molar refractivity (Wildman–Crippen MR) is 138 cm³/mol. The number of alkyl halides is 2. The molecule has 196 valence electrons. The van der Waals surface area contributed by atoms with Crippen molar-refractivity contribution in [1.82, 2.24) is 24.6 Å². The third-order valence-corrected chi connectivity index (χ3v) is 7.01. The molecule has 2 N–H and O–H groups in total. The number of rotatable bonds is 9. The molecule has 0 saturated carbocycles. The molecule has 4 aromatic heterocycles. The van der Waals surface area contributed by atoms with Crippen LogP contribution >= 0.6 is 11.3 Å². The van der Waals surface area contributed by atoms with Crippen LogP contribution in [0.4, 0.5) is 19.6 Å². The lowest BCUT2D eigenvalue weighted by Crippen LogP contribution is -2.28. The Morgan fingerprint density at radius 2 is 2.16 bits per heavy atom. The molecule has 0 atom stereocenters. The minimum atomic E-state index is -2.60. The van der Waals surface area contributed by atoms with E-state index in [0.29, 0.717) is 36.0 Å². The normalized spacial score (nSPS) is 14.4. The van der Waals surface area contributed by atoms with Gasteiger partial charge in [-0.1, -0.05) is 6.92 Å². The summed E-state index contributed by atoms with van der Waals surface area (Å²) < 4.78 is 40.9. The van der Waals surface area contributed by atoms with Gasteiger partial charge in [0.15, 0.2) is 5.75 Å². The highest BCUT2D eigenvalue weighted by molar-refractivity contribution is 7.14. The predicted octanol–water partition coefficient (Wildman–Crippen LogP) is 4.68. The molecule has 9 nitrogen and oxygen atoms in total. The van der Waals surface area contributed by atoms with Gasteiger partial charge in [0.05, 0.1) is 47.7 Å². The Hall–Kier alpha value is -3.51. The van der Waals surface area contributed by atoms with Crippen LogP contribution in [0.1, 0.15) is 35.7 Å². The molecule has 1 saturated heterocycles. The molecule has 0 spiro atoms. The molecule has 37 heavy (non-hydrogen) atoms. The van der Waals surface area contributed by atoms with Gasteiger partial charge in [0, 0.05) is 43.2 Å². The average Bonchev–Trinajstić information content (AvgIpc) is 3.63. The van der Waals surface area contributed by atoms with Crippen molar-refractivity contribution in [2.24, 2.45) is 7.05 Å². The Bertz CT molecular complexity index is 1390. The second-order valence-corrected chi connectivity index (χ2v) is 9.68. The highest BCUT2D eigenvalue weighted by Crippen LogP contribution is 2.39. The first-order valence-electron chi connectivity index (χ1n) is 12.1. The first-order valence-corrected chi connectivity index (χ1v) is 13.0. The van der Waals surface area contributed by atoms with Gasteiger partial charge in [-0.05, 0) is 18.6 Å². The van der Waals surface area contributed by atoms with E-state index in [1.807, 2.05) is 37.0 Å². The van der Waals surface area contributed by atoms with Crippen LogP contribution in [-0.2, 0) is 18.2 Å². The van der Waals surface area contributed by atoms with E-state index in [1.54, 1.807) is 22.3 Å². The number of thiophene rings is 1. The minimum Gasteiger partial charge on any atom is -0.488 e. The van der Waals surface area contributed by atoms with E-state index in [4.69, 9.17) is 14.5 Å². The zero-order chi connectivity index (χ0) is 25.9. The number of carbonyl (C=O) groups excluding carboxylic acids is 1. The maximum atomic E-state index is 12.5. The van der Waals surface area contributed by atoms with Crippen LogP contribution in [0.15, 0.2) is 36.1 Å².